The molecule has 0 atom stereocenters. The summed E-state index contributed by atoms with van der Waals surface area (Å²) in [6, 6.07) is 19.2. The van der Waals surface area contributed by atoms with Crippen molar-refractivity contribution in [2.75, 3.05) is 0 Å². The maximum Gasteiger partial charge on any atom is 0.329 e. The number of carbonyl (C=O) groups excluding carboxylic acids is 2. The molecule has 0 spiro atoms. The smallest absolute Gasteiger partial charge is 0.303 e. The van der Waals surface area contributed by atoms with Gasteiger partial charge in [-0.2, -0.15) is 0 Å². The van der Waals surface area contributed by atoms with Crippen LogP contribution in [0.5, 0.6) is 0 Å². The molecule has 3 aromatic rings. The molecule has 1 heterocycles. The quantitative estimate of drug-likeness (QED) is 0.574. The molecule has 0 saturated carbocycles. The molecule has 3 amide bonds. The highest BCUT2D eigenvalue weighted by atomic mass is 19.1. The largest absolute Gasteiger partial charge is 0.329 e. The van der Waals surface area contributed by atoms with Gasteiger partial charge in [-0.15, -0.1) is 0 Å². The van der Waals surface area contributed by atoms with Gasteiger partial charge in [-0.3, -0.25) is 9.69 Å². The van der Waals surface area contributed by atoms with Crippen molar-refractivity contribution in [2.45, 2.75) is 6.54 Å². The normalized spacial score (nSPS) is 15.7. The number of nitrogens with zero attached hydrogens (tertiary/aromatic N) is 1. The average molecular weight is 346 g/mol. The van der Waals surface area contributed by atoms with E-state index < -0.39 is 17.8 Å². The van der Waals surface area contributed by atoms with Crippen LogP contribution in [-0.2, 0) is 11.3 Å². The van der Waals surface area contributed by atoms with Crippen LogP contribution in [0, 0.1) is 5.82 Å². The molecule has 1 N–H and O–H groups in total. The molecule has 26 heavy (non-hydrogen) atoms. The Kier molecular flexibility index (Phi) is 3.97. The van der Waals surface area contributed by atoms with Gasteiger partial charge in [0, 0.05) is 5.56 Å². The van der Waals surface area contributed by atoms with Gasteiger partial charge in [-0.25, -0.2) is 9.18 Å². The van der Waals surface area contributed by atoms with Crippen LogP contribution in [-0.4, -0.2) is 16.8 Å². The van der Waals surface area contributed by atoms with Crippen LogP contribution in [0.15, 0.2) is 72.4 Å². The summed E-state index contributed by atoms with van der Waals surface area (Å²) in [5, 5.41) is 4.70. The number of fused-ring (bicyclic) bond motifs is 1. The second-order valence-corrected chi connectivity index (χ2v) is 6.08. The Morgan fingerprint density at radius 1 is 0.923 bits per heavy atom. The van der Waals surface area contributed by atoms with E-state index in [9.17, 15) is 14.0 Å². The van der Waals surface area contributed by atoms with Gasteiger partial charge in [0.25, 0.3) is 5.91 Å². The zero-order valence-electron chi connectivity index (χ0n) is 13.8. The monoisotopic (exact) mass is 346 g/mol. The third kappa shape index (κ3) is 2.95. The highest BCUT2D eigenvalue weighted by Crippen LogP contribution is 2.21. The van der Waals surface area contributed by atoms with E-state index in [1.54, 1.807) is 24.3 Å². The summed E-state index contributed by atoms with van der Waals surface area (Å²) in [5.74, 6) is -0.911. The van der Waals surface area contributed by atoms with Crippen LogP contribution in [0.2, 0.25) is 0 Å². The molecule has 1 fully saturated rings. The average Bonchev–Trinajstić information content (AvgIpc) is 2.91. The fourth-order valence-corrected chi connectivity index (χ4v) is 2.98. The van der Waals surface area contributed by atoms with Crippen molar-refractivity contribution in [3.05, 3.63) is 89.4 Å². The predicted molar refractivity (Wildman–Crippen MR) is 97.4 cm³/mol. The van der Waals surface area contributed by atoms with E-state index in [1.807, 2.05) is 42.5 Å². The van der Waals surface area contributed by atoms with Gasteiger partial charge >= 0.3 is 6.03 Å². The minimum Gasteiger partial charge on any atom is -0.303 e. The highest BCUT2D eigenvalue weighted by molar-refractivity contribution is 6.14. The third-order valence-corrected chi connectivity index (χ3v) is 4.33. The molecule has 0 aromatic heterocycles. The molecular weight excluding hydrogens is 331 g/mol. The standard InChI is InChI=1S/C21H15FN2O2/c22-18-8-4-3-7-17(18)13-24-20(25)19(23-21(24)26)12-14-9-10-15-5-1-2-6-16(15)11-14/h1-12H,13H2,(H,23,26)/b19-12+. The first-order valence-corrected chi connectivity index (χ1v) is 8.18. The van der Waals surface area contributed by atoms with Crippen molar-refractivity contribution in [2.24, 2.45) is 0 Å². The molecule has 0 unspecified atom stereocenters. The number of rotatable bonds is 3. The number of benzene rings is 3. The fourth-order valence-electron chi connectivity index (χ4n) is 2.98. The molecule has 0 bridgehead atoms. The maximum absolute atomic E-state index is 13.8. The molecule has 4 rings (SSSR count). The third-order valence-electron chi connectivity index (χ3n) is 4.33. The molecule has 5 heteroatoms. The number of carbonyl (C=O) groups is 2. The van der Waals surface area contributed by atoms with Crippen molar-refractivity contribution in [3.63, 3.8) is 0 Å². The topological polar surface area (TPSA) is 49.4 Å². The van der Waals surface area contributed by atoms with Crippen molar-refractivity contribution in [1.82, 2.24) is 10.2 Å². The van der Waals surface area contributed by atoms with E-state index in [0.717, 1.165) is 21.2 Å². The number of imide groups is 1. The first kappa shape index (κ1) is 16.0. The van der Waals surface area contributed by atoms with E-state index in [1.165, 1.54) is 6.07 Å². The SMILES string of the molecule is O=C1N/C(=C/c2ccc3ccccc3c2)C(=O)N1Cc1ccccc1F. The van der Waals surface area contributed by atoms with E-state index >= 15 is 0 Å². The summed E-state index contributed by atoms with van der Waals surface area (Å²) in [5.41, 5.74) is 1.28. The number of hydrogen-bond acceptors (Lipinski definition) is 2. The van der Waals surface area contributed by atoms with Crippen molar-refractivity contribution in [3.8, 4) is 0 Å². The maximum atomic E-state index is 13.8. The first-order valence-electron chi connectivity index (χ1n) is 8.18. The summed E-state index contributed by atoms with van der Waals surface area (Å²) in [6.07, 6.45) is 1.63. The zero-order valence-corrected chi connectivity index (χ0v) is 13.8. The highest BCUT2D eigenvalue weighted by Gasteiger charge is 2.33. The number of urea groups is 1. The molecular formula is C21H15FN2O2. The Morgan fingerprint density at radius 3 is 2.46 bits per heavy atom. The Morgan fingerprint density at radius 2 is 1.65 bits per heavy atom. The van der Waals surface area contributed by atoms with Crippen LogP contribution >= 0.6 is 0 Å². The lowest BCUT2D eigenvalue weighted by Gasteiger charge is -2.12. The summed E-state index contributed by atoms with van der Waals surface area (Å²) in [6.45, 7) is -0.105. The van der Waals surface area contributed by atoms with Crippen molar-refractivity contribution in [1.29, 1.82) is 0 Å². The Balaban J connectivity index is 1.61. The Bertz CT molecular complexity index is 1060. The second-order valence-electron chi connectivity index (χ2n) is 6.08. The van der Waals surface area contributed by atoms with Gasteiger partial charge < -0.3 is 5.32 Å². The molecule has 3 aromatic carbocycles. The molecule has 0 aliphatic carbocycles. The zero-order chi connectivity index (χ0) is 18.1. The van der Waals surface area contributed by atoms with Crippen LogP contribution in [0.4, 0.5) is 9.18 Å². The summed E-state index contributed by atoms with van der Waals surface area (Å²) >= 11 is 0. The van der Waals surface area contributed by atoms with Crippen LogP contribution in [0.3, 0.4) is 0 Å². The van der Waals surface area contributed by atoms with E-state index in [-0.39, 0.29) is 12.2 Å². The second kappa shape index (κ2) is 6.44. The van der Waals surface area contributed by atoms with Gasteiger partial charge in [0.05, 0.1) is 6.54 Å². The summed E-state index contributed by atoms with van der Waals surface area (Å²) in [4.78, 5) is 25.7. The number of amides is 3. The molecule has 1 aliphatic heterocycles. The lowest BCUT2D eigenvalue weighted by atomic mass is 10.1. The van der Waals surface area contributed by atoms with Crippen LogP contribution in [0.25, 0.3) is 16.8 Å². The minimum absolute atomic E-state index is 0.105. The Labute approximate surface area is 149 Å². The summed E-state index contributed by atoms with van der Waals surface area (Å²) < 4.78 is 13.8. The molecule has 0 radical (unpaired) electrons. The number of halogens is 1. The minimum atomic E-state index is -0.551. The van der Waals surface area contributed by atoms with Gasteiger partial charge in [0.15, 0.2) is 0 Å². The molecule has 1 aliphatic rings. The van der Waals surface area contributed by atoms with Gasteiger partial charge in [-0.1, -0.05) is 54.6 Å². The number of nitrogens with one attached hydrogen (secondary N) is 1. The van der Waals surface area contributed by atoms with Crippen LogP contribution in [0.1, 0.15) is 11.1 Å². The Hall–Kier alpha value is -3.47. The molecule has 4 nitrogen and oxygen atoms in total. The van der Waals surface area contributed by atoms with Crippen molar-refractivity contribution >= 4 is 28.8 Å². The van der Waals surface area contributed by atoms with Gasteiger partial charge in [0.1, 0.15) is 11.5 Å². The first-order chi connectivity index (χ1) is 12.6. The fraction of sp³-hybridized carbons (Fsp3) is 0.0476. The predicted octanol–water partition coefficient (Wildman–Crippen LogP) is 4.07. The van der Waals surface area contributed by atoms with Gasteiger partial charge in [0.2, 0.25) is 0 Å². The molecule has 128 valence electrons. The van der Waals surface area contributed by atoms with Gasteiger partial charge in [-0.05, 0) is 34.5 Å². The number of hydrogen-bond donors (Lipinski definition) is 1. The lowest BCUT2D eigenvalue weighted by molar-refractivity contribution is -0.123. The van der Waals surface area contributed by atoms with E-state index in [4.69, 9.17) is 0 Å². The van der Waals surface area contributed by atoms with Crippen molar-refractivity contribution < 1.29 is 14.0 Å². The van der Waals surface area contributed by atoms with E-state index in [0.29, 0.717) is 5.56 Å². The van der Waals surface area contributed by atoms with E-state index in [2.05, 4.69) is 5.32 Å². The lowest BCUT2D eigenvalue weighted by Crippen LogP contribution is -2.30. The van der Waals surface area contributed by atoms with Crippen LogP contribution < -0.4 is 5.32 Å². The summed E-state index contributed by atoms with van der Waals surface area (Å²) in [7, 11) is 0. The molecule has 1 saturated heterocycles.